The van der Waals surface area contributed by atoms with Crippen LogP contribution in [0, 0.1) is 20.8 Å². The van der Waals surface area contributed by atoms with E-state index in [0.29, 0.717) is 0 Å². The fraction of sp³-hybridized carbons (Fsp3) is 0.400. The van der Waals surface area contributed by atoms with Crippen molar-refractivity contribution in [2.75, 3.05) is 7.05 Å². The van der Waals surface area contributed by atoms with Crippen LogP contribution >= 0.6 is 11.3 Å². The van der Waals surface area contributed by atoms with E-state index >= 15 is 0 Å². The number of nitrogens with zero attached hydrogens (tertiary/aromatic N) is 1. The van der Waals surface area contributed by atoms with Crippen LogP contribution in [0.5, 0.6) is 0 Å². The van der Waals surface area contributed by atoms with Crippen LogP contribution in [0.3, 0.4) is 0 Å². The summed E-state index contributed by atoms with van der Waals surface area (Å²) in [4.78, 5) is 20.0. The summed E-state index contributed by atoms with van der Waals surface area (Å²) in [7, 11) is 2.08. The normalized spacial score (nSPS) is 11.2. The molecule has 0 bridgehead atoms. The van der Waals surface area contributed by atoms with Gasteiger partial charge in [0, 0.05) is 45.9 Å². The Kier molecular flexibility index (Phi) is 4.22. The quantitative estimate of drug-likeness (QED) is 0.932. The predicted octanol–water partition coefficient (Wildman–Crippen LogP) is 2.99. The molecule has 0 aliphatic rings. The van der Waals surface area contributed by atoms with Crippen molar-refractivity contribution in [1.82, 2.24) is 9.88 Å². The minimum Gasteiger partial charge on any atom is -0.363 e. The molecule has 2 rings (SSSR count). The Morgan fingerprint density at radius 3 is 2.58 bits per heavy atom. The van der Waals surface area contributed by atoms with Gasteiger partial charge in [0.25, 0.3) is 0 Å². The zero-order valence-electron chi connectivity index (χ0n) is 11.9. The lowest BCUT2D eigenvalue weighted by atomic mass is 10.1. The Hall–Kier alpha value is -1.39. The third kappa shape index (κ3) is 3.33. The Morgan fingerprint density at radius 1 is 1.21 bits per heavy atom. The first-order valence-electron chi connectivity index (χ1n) is 6.39. The number of hydrogen-bond donors (Lipinski definition) is 1. The van der Waals surface area contributed by atoms with Crippen LogP contribution in [0.15, 0.2) is 23.1 Å². The SMILES string of the molecule is Cc1ccc(CN(C)Cc2[nH]cc(C)c(=O)c2C)s1. The third-order valence-electron chi connectivity index (χ3n) is 3.26. The van der Waals surface area contributed by atoms with E-state index in [2.05, 4.69) is 36.0 Å². The Morgan fingerprint density at radius 2 is 1.95 bits per heavy atom. The molecule has 0 aromatic carbocycles. The predicted molar refractivity (Wildman–Crippen MR) is 80.8 cm³/mol. The van der Waals surface area contributed by atoms with Gasteiger partial charge in [-0.1, -0.05) is 0 Å². The van der Waals surface area contributed by atoms with Crippen molar-refractivity contribution >= 4 is 11.3 Å². The minimum absolute atomic E-state index is 0.147. The smallest absolute Gasteiger partial charge is 0.187 e. The van der Waals surface area contributed by atoms with Gasteiger partial charge in [0.1, 0.15) is 0 Å². The zero-order valence-corrected chi connectivity index (χ0v) is 12.7. The number of aryl methyl sites for hydroxylation is 2. The van der Waals surface area contributed by atoms with Crippen molar-refractivity contribution in [3.63, 3.8) is 0 Å². The minimum atomic E-state index is 0.147. The average Bonchev–Trinajstić information content (AvgIpc) is 2.75. The molecule has 0 fully saturated rings. The zero-order chi connectivity index (χ0) is 14.0. The van der Waals surface area contributed by atoms with Crippen LogP contribution in [0.2, 0.25) is 0 Å². The first kappa shape index (κ1) is 14.0. The lowest BCUT2D eigenvalue weighted by Crippen LogP contribution is -2.21. The van der Waals surface area contributed by atoms with Crippen molar-refractivity contribution in [2.24, 2.45) is 0 Å². The van der Waals surface area contributed by atoms with Gasteiger partial charge < -0.3 is 4.98 Å². The number of H-pyrrole nitrogens is 1. The molecule has 2 aromatic rings. The molecule has 19 heavy (non-hydrogen) atoms. The molecule has 2 aromatic heterocycles. The van der Waals surface area contributed by atoms with Crippen LogP contribution in [0.1, 0.15) is 26.6 Å². The van der Waals surface area contributed by atoms with E-state index < -0.39 is 0 Å². The van der Waals surface area contributed by atoms with Crippen LogP contribution < -0.4 is 5.43 Å². The number of aromatic nitrogens is 1. The second-order valence-corrected chi connectivity index (χ2v) is 6.46. The van der Waals surface area contributed by atoms with Gasteiger partial charge in [-0.25, -0.2) is 0 Å². The molecule has 0 aliphatic heterocycles. The molecule has 0 amide bonds. The van der Waals surface area contributed by atoms with Crippen LogP contribution in [0.4, 0.5) is 0 Å². The van der Waals surface area contributed by atoms with Crippen LogP contribution in [-0.2, 0) is 13.1 Å². The van der Waals surface area contributed by atoms with Gasteiger partial charge in [-0.3, -0.25) is 9.69 Å². The van der Waals surface area contributed by atoms with Gasteiger partial charge >= 0.3 is 0 Å². The van der Waals surface area contributed by atoms with E-state index in [1.807, 2.05) is 25.2 Å². The molecule has 3 nitrogen and oxygen atoms in total. The standard InChI is InChI=1S/C15H20N2OS/c1-10-7-16-14(12(3)15(10)18)9-17(4)8-13-6-5-11(2)19-13/h5-7H,8-9H2,1-4H3,(H,16,18). The molecule has 2 heterocycles. The van der Waals surface area contributed by atoms with E-state index in [1.165, 1.54) is 9.75 Å². The van der Waals surface area contributed by atoms with Gasteiger partial charge in [-0.15, -0.1) is 11.3 Å². The van der Waals surface area contributed by atoms with Crippen molar-refractivity contribution < 1.29 is 0 Å². The maximum atomic E-state index is 11.9. The molecular formula is C15H20N2OS. The molecular weight excluding hydrogens is 256 g/mol. The van der Waals surface area contributed by atoms with Gasteiger partial charge in [-0.05, 0) is 40.0 Å². The molecule has 1 N–H and O–H groups in total. The highest BCUT2D eigenvalue weighted by atomic mass is 32.1. The highest BCUT2D eigenvalue weighted by Gasteiger charge is 2.09. The summed E-state index contributed by atoms with van der Waals surface area (Å²) in [5.41, 5.74) is 2.76. The molecule has 0 atom stereocenters. The summed E-state index contributed by atoms with van der Waals surface area (Å²) in [6.45, 7) is 7.53. The summed E-state index contributed by atoms with van der Waals surface area (Å²) < 4.78 is 0. The Bertz CT molecular complexity index is 627. The van der Waals surface area contributed by atoms with Crippen molar-refractivity contribution in [1.29, 1.82) is 0 Å². The number of thiophene rings is 1. The van der Waals surface area contributed by atoms with Gasteiger partial charge in [-0.2, -0.15) is 0 Å². The van der Waals surface area contributed by atoms with E-state index in [0.717, 1.165) is 29.9 Å². The fourth-order valence-corrected chi connectivity index (χ4v) is 3.10. The molecule has 4 heteroatoms. The van der Waals surface area contributed by atoms with E-state index in [-0.39, 0.29) is 5.43 Å². The first-order chi connectivity index (χ1) is 8.97. The second-order valence-electron chi connectivity index (χ2n) is 5.09. The number of aromatic amines is 1. The summed E-state index contributed by atoms with van der Waals surface area (Å²) in [6.07, 6.45) is 1.80. The van der Waals surface area contributed by atoms with Gasteiger partial charge in [0.15, 0.2) is 5.43 Å². The molecule has 0 saturated heterocycles. The molecule has 0 aliphatic carbocycles. The monoisotopic (exact) mass is 276 g/mol. The van der Waals surface area contributed by atoms with E-state index in [9.17, 15) is 4.79 Å². The highest BCUT2D eigenvalue weighted by molar-refractivity contribution is 7.11. The molecule has 102 valence electrons. The van der Waals surface area contributed by atoms with E-state index in [4.69, 9.17) is 0 Å². The topological polar surface area (TPSA) is 36.1 Å². The Balaban J connectivity index is 2.09. The number of nitrogens with one attached hydrogen (secondary N) is 1. The first-order valence-corrected chi connectivity index (χ1v) is 7.20. The maximum Gasteiger partial charge on any atom is 0.187 e. The molecule has 0 saturated carbocycles. The van der Waals surface area contributed by atoms with Crippen molar-refractivity contribution in [3.05, 3.63) is 55.1 Å². The molecule has 0 unspecified atom stereocenters. The molecule has 0 spiro atoms. The maximum absolute atomic E-state index is 11.9. The number of hydrogen-bond acceptors (Lipinski definition) is 3. The second kappa shape index (κ2) is 5.72. The lowest BCUT2D eigenvalue weighted by Gasteiger charge is -2.17. The summed E-state index contributed by atoms with van der Waals surface area (Å²) in [5.74, 6) is 0. The van der Waals surface area contributed by atoms with Crippen molar-refractivity contribution in [2.45, 2.75) is 33.9 Å². The van der Waals surface area contributed by atoms with Crippen molar-refractivity contribution in [3.8, 4) is 0 Å². The fourth-order valence-electron chi connectivity index (χ4n) is 2.13. The largest absolute Gasteiger partial charge is 0.363 e. The van der Waals surface area contributed by atoms with Gasteiger partial charge in [0.2, 0.25) is 0 Å². The lowest BCUT2D eigenvalue weighted by molar-refractivity contribution is 0.317. The Labute approximate surface area is 117 Å². The summed E-state index contributed by atoms with van der Waals surface area (Å²) >= 11 is 1.82. The highest BCUT2D eigenvalue weighted by Crippen LogP contribution is 2.17. The number of pyridine rings is 1. The summed E-state index contributed by atoms with van der Waals surface area (Å²) in [5, 5.41) is 0. The van der Waals surface area contributed by atoms with E-state index in [1.54, 1.807) is 6.20 Å². The van der Waals surface area contributed by atoms with Gasteiger partial charge in [0.05, 0.1) is 0 Å². The van der Waals surface area contributed by atoms with Crippen LogP contribution in [-0.4, -0.2) is 16.9 Å². The van der Waals surface area contributed by atoms with Crippen LogP contribution in [0.25, 0.3) is 0 Å². The third-order valence-corrected chi connectivity index (χ3v) is 4.25. The average molecular weight is 276 g/mol. The number of rotatable bonds is 4. The summed E-state index contributed by atoms with van der Waals surface area (Å²) in [6, 6.07) is 4.31. The molecule has 0 radical (unpaired) electrons.